The summed E-state index contributed by atoms with van der Waals surface area (Å²) in [5.41, 5.74) is 0.270. The number of halogens is 1. The number of nitrogens with zero attached hydrogens (tertiary/aromatic N) is 2. The monoisotopic (exact) mass is 369 g/mol. The van der Waals surface area contributed by atoms with Crippen molar-refractivity contribution in [2.75, 3.05) is 26.2 Å². The Labute approximate surface area is 145 Å². The summed E-state index contributed by atoms with van der Waals surface area (Å²) in [6.07, 6.45) is 0.819. The third-order valence-electron chi connectivity index (χ3n) is 4.61. The first-order chi connectivity index (χ1) is 11.8. The first-order valence-electron chi connectivity index (χ1n) is 8.13. The number of amides is 2. The summed E-state index contributed by atoms with van der Waals surface area (Å²) in [6.45, 7) is 2.40. The molecule has 0 bridgehead atoms. The van der Waals surface area contributed by atoms with E-state index in [1.54, 1.807) is 4.90 Å². The summed E-state index contributed by atoms with van der Waals surface area (Å²) in [5.74, 6) is -0.750. The summed E-state index contributed by atoms with van der Waals surface area (Å²) in [4.78, 5) is 25.2. The Kier molecular flexibility index (Phi) is 4.79. The van der Waals surface area contributed by atoms with Crippen molar-refractivity contribution in [1.29, 1.82) is 0 Å². The lowest BCUT2D eigenvalue weighted by Gasteiger charge is -2.35. The Morgan fingerprint density at radius 2 is 1.92 bits per heavy atom. The van der Waals surface area contributed by atoms with E-state index in [-0.39, 0.29) is 48.5 Å². The minimum atomic E-state index is -3.72. The smallest absolute Gasteiger partial charge is 0.245 e. The number of nitrogens with one attached hydrogen (secondary N) is 1. The molecular formula is C16H20FN3O4S. The average Bonchev–Trinajstić information content (AvgIpc) is 3.03. The van der Waals surface area contributed by atoms with Gasteiger partial charge in [0.25, 0.3) is 0 Å². The maximum atomic E-state index is 13.4. The molecule has 2 fully saturated rings. The lowest BCUT2D eigenvalue weighted by molar-refractivity contribution is -0.135. The summed E-state index contributed by atoms with van der Waals surface area (Å²) >= 11 is 0. The van der Waals surface area contributed by atoms with Gasteiger partial charge in [-0.2, -0.15) is 4.31 Å². The molecule has 0 aromatic heterocycles. The number of piperazine rings is 1. The molecule has 2 heterocycles. The fraction of sp³-hybridized carbons (Fsp3) is 0.500. The van der Waals surface area contributed by atoms with Crippen molar-refractivity contribution in [3.63, 3.8) is 0 Å². The molecule has 25 heavy (non-hydrogen) atoms. The van der Waals surface area contributed by atoms with Crippen molar-refractivity contribution in [1.82, 2.24) is 14.5 Å². The molecule has 2 saturated heterocycles. The molecule has 0 saturated carbocycles. The highest BCUT2D eigenvalue weighted by Gasteiger charge is 2.35. The van der Waals surface area contributed by atoms with Gasteiger partial charge in [0.05, 0.1) is 4.90 Å². The largest absolute Gasteiger partial charge is 0.344 e. The minimum absolute atomic E-state index is 0.0502. The number of sulfonamides is 1. The van der Waals surface area contributed by atoms with E-state index in [0.29, 0.717) is 12.8 Å². The van der Waals surface area contributed by atoms with Crippen molar-refractivity contribution >= 4 is 21.8 Å². The van der Waals surface area contributed by atoms with Crippen LogP contribution in [0.3, 0.4) is 0 Å². The molecule has 1 atom stereocenters. The van der Waals surface area contributed by atoms with Gasteiger partial charge in [-0.1, -0.05) is 0 Å². The van der Waals surface area contributed by atoms with Crippen LogP contribution >= 0.6 is 0 Å². The molecule has 9 heteroatoms. The Bertz CT molecular complexity index is 804. The van der Waals surface area contributed by atoms with Gasteiger partial charge in [0.15, 0.2) is 0 Å². The van der Waals surface area contributed by atoms with Crippen molar-refractivity contribution in [2.24, 2.45) is 0 Å². The maximum Gasteiger partial charge on any atom is 0.245 e. The van der Waals surface area contributed by atoms with Crippen molar-refractivity contribution in [2.45, 2.75) is 30.7 Å². The van der Waals surface area contributed by atoms with Crippen LogP contribution in [0.15, 0.2) is 23.1 Å². The fourth-order valence-electron chi connectivity index (χ4n) is 3.10. The van der Waals surface area contributed by atoms with E-state index >= 15 is 0 Å². The number of benzene rings is 1. The molecule has 0 spiro atoms. The molecule has 0 aliphatic carbocycles. The normalized spacial score (nSPS) is 22.1. The summed E-state index contributed by atoms with van der Waals surface area (Å²) in [5, 5.41) is 2.63. The summed E-state index contributed by atoms with van der Waals surface area (Å²) < 4.78 is 40.0. The van der Waals surface area contributed by atoms with Gasteiger partial charge in [-0.3, -0.25) is 9.59 Å². The molecule has 1 N–H and O–H groups in total. The maximum absolute atomic E-state index is 13.4. The van der Waals surface area contributed by atoms with E-state index in [9.17, 15) is 22.4 Å². The van der Waals surface area contributed by atoms with E-state index in [1.165, 1.54) is 23.4 Å². The number of aryl methyl sites for hydroxylation is 1. The molecule has 1 aromatic carbocycles. The number of hydrogen-bond donors (Lipinski definition) is 1. The topological polar surface area (TPSA) is 86.8 Å². The Hall–Kier alpha value is -2.00. The third-order valence-corrected chi connectivity index (χ3v) is 6.51. The Morgan fingerprint density at radius 1 is 1.24 bits per heavy atom. The van der Waals surface area contributed by atoms with E-state index in [2.05, 4.69) is 5.32 Å². The lowest BCUT2D eigenvalue weighted by atomic mass is 10.2. The fourth-order valence-corrected chi connectivity index (χ4v) is 4.60. The first-order valence-corrected chi connectivity index (χ1v) is 9.57. The van der Waals surface area contributed by atoms with Gasteiger partial charge >= 0.3 is 0 Å². The van der Waals surface area contributed by atoms with Crippen LogP contribution in [-0.2, 0) is 19.6 Å². The van der Waals surface area contributed by atoms with Crippen LogP contribution in [0.5, 0.6) is 0 Å². The molecule has 2 aliphatic heterocycles. The first kappa shape index (κ1) is 17.8. The zero-order chi connectivity index (χ0) is 18.2. The van der Waals surface area contributed by atoms with E-state index in [0.717, 1.165) is 6.07 Å². The quantitative estimate of drug-likeness (QED) is 0.827. The molecule has 2 aliphatic rings. The molecule has 1 aromatic rings. The number of carbonyl (C=O) groups excluding carboxylic acids is 2. The standard InChI is InChI=1S/C16H20FN3O4S/c1-11-10-12(2-3-13(11)17)25(23,24)20-8-6-19(7-9-20)16(22)14-4-5-15(21)18-14/h2-3,10,14H,4-9H2,1H3,(H,18,21). The zero-order valence-corrected chi connectivity index (χ0v) is 14.7. The van der Waals surface area contributed by atoms with E-state index in [1.807, 2.05) is 0 Å². The van der Waals surface area contributed by atoms with Crippen molar-refractivity contribution in [3.8, 4) is 0 Å². The highest BCUT2D eigenvalue weighted by Crippen LogP contribution is 2.21. The highest BCUT2D eigenvalue weighted by molar-refractivity contribution is 7.89. The average molecular weight is 369 g/mol. The second-order valence-corrected chi connectivity index (χ2v) is 8.24. The van der Waals surface area contributed by atoms with Gasteiger partial charge in [0.2, 0.25) is 21.8 Å². The van der Waals surface area contributed by atoms with Crippen LogP contribution < -0.4 is 5.32 Å². The van der Waals surface area contributed by atoms with Crippen LogP contribution in [0.4, 0.5) is 4.39 Å². The second-order valence-electron chi connectivity index (χ2n) is 6.30. The second kappa shape index (κ2) is 6.72. The van der Waals surface area contributed by atoms with Crippen LogP contribution in [0.2, 0.25) is 0 Å². The summed E-state index contributed by atoms with van der Waals surface area (Å²) in [6, 6.07) is 3.21. The lowest BCUT2D eigenvalue weighted by Crippen LogP contribution is -2.54. The summed E-state index contributed by atoms with van der Waals surface area (Å²) in [7, 11) is -3.72. The van der Waals surface area contributed by atoms with Gasteiger partial charge in [-0.25, -0.2) is 12.8 Å². The van der Waals surface area contributed by atoms with Gasteiger partial charge < -0.3 is 10.2 Å². The van der Waals surface area contributed by atoms with Crippen LogP contribution in [-0.4, -0.2) is 61.7 Å². The van der Waals surface area contributed by atoms with Crippen LogP contribution in [0.25, 0.3) is 0 Å². The number of carbonyl (C=O) groups is 2. The molecule has 0 radical (unpaired) electrons. The van der Waals surface area contributed by atoms with E-state index in [4.69, 9.17) is 0 Å². The predicted molar refractivity (Wildman–Crippen MR) is 87.6 cm³/mol. The van der Waals surface area contributed by atoms with Gasteiger partial charge in [0, 0.05) is 32.6 Å². The van der Waals surface area contributed by atoms with Crippen LogP contribution in [0, 0.1) is 12.7 Å². The minimum Gasteiger partial charge on any atom is -0.344 e. The van der Waals surface area contributed by atoms with Gasteiger partial charge in [-0.15, -0.1) is 0 Å². The predicted octanol–water partition coefficient (Wildman–Crippen LogP) is 0.246. The Balaban J connectivity index is 1.66. The molecule has 136 valence electrons. The highest BCUT2D eigenvalue weighted by atomic mass is 32.2. The van der Waals surface area contributed by atoms with Crippen molar-refractivity contribution < 1.29 is 22.4 Å². The Morgan fingerprint density at radius 3 is 2.48 bits per heavy atom. The molecule has 3 rings (SSSR count). The van der Waals surface area contributed by atoms with E-state index < -0.39 is 21.9 Å². The third kappa shape index (κ3) is 3.52. The van der Waals surface area contributed by atoms with Gasteiger partial charge in [-0.05, 0) is 37.1 Å². The molecular weight excluding hydrogens is 349 g/mol. The molecule has 2 amide bonds. The van der Waals surface area contributed by atoms with Gasteiger partial charge in [0.1, 0.15) is 11.9 Å². The van der Waals surface area contributed by atoms with Crippen molar-refractivity contribution in [3.05, 3.63) is 29.6 Å². The number of hydrogen-bond acceptors (Lipinski definition) is 4. The number of rotatable bonds is 3. The van der Waals surface area contributed by atoms with Crippen LogP contribution in [0.1, 0.15) is 18.4 Å². The molecule has 7 nitrogen and oxygen atoms in total. The zero-order valence-electron chi connectivity index (χ0n) is 13.9. The molecule has 1 unspecified atom stereocenters. The SMILES string of the molecule is Cc1cc(S(=O)(=O)N2CCN(C(=O)C3CCC(=O)N3)CC2)ccc1F.